The normalized spacial score (nSPS) is 19.4. The predicted octanol–water partition coefficient (Wildman–Crippen LogP) is 14.2. The molecule has 0 amide bonds. The number of hydrogen-bond acceptors (Lipinski definition) is 11. The van der Waals surface area contributed by atoms with Gasteiger partial charge in [0.25, 0.3) is 0 Å². The van der Waals surface area contributed by atoms with Gasteiger partial charge in [0.2, 0.25) is 0 Å². The maximum Gasteiger partial charge on any atom is 0.397 e. The summed E-state index contributed by atoms with van der Waals surface area (Å²) in [5.74, 6) is -0.414. The van der Waals surface area contributed by atoms with Crippen LogP contribution in [-0.2, 0) is 38.3 Å². The van der Waals surface area contributed by atoms with Crippen molar-refractivity contribution in [1.82, 2.24) is 0 Å². The molecule has 0 saturated carbocycles. The Morgan fingerprint density at radius 2 is 0.917 bits per heavy atom. The van der Waals surface area contributed by atoms with Crippen molar-refractivity contribution in [3.8, 4) is 0 Å². The van der Waals surface area contributed by atoms with Crippen LogP contribution in [0.4, 0.5) is 0 Å². The average Bonchev–Trinajstić information content (AvgIpc) is 3.36. The second-order valence-electron chi connectivity index (χ2n) is 19.5. The number of aliphatic hydroxyl groups is 3. The lowest BCUT2D eigenvalue weighted by Gasteiger charge is -2.41. The molecule has 0 aromatic rings. The van der Waals surface area contributed by atoms with E-state index in [2.05, 4.69) is 90.9 Å². The van der Waals surface area contributed by atoms with Gasteiger partial charge in [-0.15, -0.1) is 0 Å². The molecular weight excluding hydrogens is 933 g/mol. The van der Waals surface area contributed by atoms with E-state index in [9.17, 15) is 33.1 Å². The van der Waals surface area contributed by atoms with Crippen LogP contribution in [0.2, 0.25) is 0 Å². The fourth-order valence-corrected chi connectivity index (χ4v) is 8.96. The van der Waals surface area contributed by atoms with E-state index in [0.717, 1.165) is 89.9 Å². The van der Waals surface area contributed by atoms with Crippen molar-refractivity contribution in [3.63, 3.8) is 0 Å². The van der Waals surface area contributed by atoms with Gasteiger partial charge >= 0.3 is 16.4 Å². The van der Waals surface area contributed by atoms with Crippen LogP contribution in [0.1, 0.15) is 232 Å². The number of unbranched alkanes of at least 4 members (excludes halogenated alkanes) is 25. The van der Waals surface area contributed by atoms with E-state index < -0.39 is 59.8 Å². The van der Waals surface area contributed by atoms with Crippen molar-refractivity contribution in [3.05, 3.63) is 72.9 Å². The van der Waals surface area contributed by atoms with Gasteiger partial charge < -0.3 is 34.3 Å². The van der Waals surface area contributed by atoms with E-state index in [4.69, 9.17) is 18.9 Å². The van der Waals surface area contributed by atoms with Gasteiger partial charge in [-0.05, 0) is 89.9 Å². The third kappa shape index (κ3) is 41.8. The number of ether oxygens (including phenoxy) is 4. The minimum absolute atomic E-state index is 0.0236. The zero-order chi connectivity index (χ0) is 52.4. The summed E-state index contributed by atoms with van der Waals surface area (Å²) in [5, 5.41) is 30.8. The van der Waals surface area contributed by atoms with E-state index in [1.54, 1.807) is 0 Å². The molecule has 0 aromatic carbocycles. The van der Waals surface area contributed by atoms with Crippen molar-refractivity contribution >= 4 is 16.4 Å². The summed E-state index contributed by atoms with van der Waals surface area (Å²) >= 11 is 0. The number of carbonyl (C=O) groups is 1. The number of hydrogen-bond donors (Lipinski definition) is 4. The highest BCUT2D eigenvalue weighted by atomic mass is 32.3. The quantitative estimate of drug-likeness (QED) is 0.0196. The molecule has 1 heterocycles. The summed E-state index contributed by atoms with van der Waals surface area (Å²) in [4.78, 5) is 13.0. The molecular formula is C59H104O12S. The van der Waals surface area contributed by atoms with E-state index in [0.29, 0.717) is 13.0 Å². The zero-order valence-electron chi connectivity index (χ0n) is 45.2. The van der Waals surface area contributed by atoms with Crippen molar-refractivity contribution in [1.29, 1.82) is 0 Å². The van der Waals surface area contributed by atoms with Crippen LogP contribution in [-0.4, -0.2) is 97.5 Å². The first kappa shape index (κ1) is 67.6. The van der Waals surface area contributed by atoms with Crippen LogP contribution in [0, 0.1) is 0 Å². The first-order valence-electron chi connectivity index (χ1n) is 28.7. The molecule has 1 aliphatic rings. The van der Waals surface area contributed by atoms with Crippen LogP contribution < -0.4 is 0 Å². The molecule has 72 heavy (non-hydrogen) atoms. The Hall–Kier alpha value is -2.46. The van der Waals surface area contributed by atoms with Crippen LogP contribution in [0.5, 0.6) is 0 Å². The standard InChI is InChI=1S/C59H104O12S/c1-3-5-7-9-11-13-15-17-19-21-23-25-26-27-29-31-33-35-37-39-41-43-45-47-49-67-51-53(52-68-59-57(63)58(71-72(64,65)66)56(62)54(50-60)70-59)69-55(61)48-46-44-42-40-38-36-34-32-30-28-24-22-20-18-16-14-12-10-8-6-4-2/h15-18,21-24,26-27,30,32,53-54,56-60,62-63H,3-14,19-20,25,28-29,31,33-52H2,1-2H3,(H,64,65,66)/b17-15-,18-16-,23-21-,24-22-,27-26-,32-30-. The molecule has 0 radical (unpaired) electrons. The summed E-state index contributed by atoms with van der Waals surface area (Å²) in [5.41, 5.74) is 0. The highest BCUT2D eigenvalue weighted by Crippen LogP contribution is 2.26. The largest absolute Gasteiger partial charge is 0.457 e. The van der Waals surface area contributed by atoms with Gasteiger partial charge in [-0.1, -0.05) is 209 Å². The van der Waals surface area contributed by atoms with Gasteiger partial charge in [0.05, 0.1) is 19.8 Å². The van der Waals surface area contributed by atoms with Crippen molar-refractivity contribution in [2.75, 3.05) is 26.4 Å². The second-order valence-corrected chi connectivity index (χ2v) is 20.6. The molecule has 1 rings (SSSR count). The topological polar surface area (TPSA) is 178 Å². The van der Waals surface area contributed by atoms with E-state index in [-0.39, 0.29) is 19.6 Å². The molecule has 0 spiro atoms. The Labute approximate surface area is 439 Å². The van der Waals surface area contributed by atoms with Crippen LogP contribution in [0.25, 0.3) is 0 Å². The highest BCUT2D eigenvalue weighted by Gasteiger charge is 2.48. The third-order valence-electron chi connectivity index (χ3n) is 12.8. The maximum atomic E-state index is 13.0. The van der Waals surface area contributed by atoms with Crippen LogP contribution in [0.15, 0.2) is 72.9 Å². The first-order valence-corrected chi connectivity index (χ1v) is 30.1. The summed E-state index contributed by atoms with van der Waals surface area (Å²) < 4.78 is 59.4. The maximum absolute atomic E-state index is 13.0. The van der Waals surface area contributed by atoms with Crippen molar-refractivity contribution in [2.24, 2.45) is 0 Å². The number of rotatable bonds is 50. The van der Waals surface area contributed by atoms with Gasteiger partial charge in [-0.2, -0.15) is 8.42 Å². The summed E-state index contributed by atoms with van der Waals surface area (Å²) in [6.07, 6.45) is 56.4. The van der Waals surface area contributed by atoms with Gasteiger partial charge in [0.15, 0.2) is 6.29 Å². The lowest BCUT2D eigenvalue weighted by molar-refractivity contribution is -0.301. The zero-order valence-corrected chi connectivity index (χ0v) is 46.0. The number of esters is 1. The molecule has 0 aliphatic carbocycles. The fraction of sp³-hybridized carbons (Fsp3) is 0.780. The second kappa shape index (κ2) is 49.4. The van der Waals surface area contributed by atoms with E-state index >= 15 is 0 Å². The van der Waals surface area contributed by atoms with Gasteiger partial charge in [0, 0.05) is 13.0 Å². The van der Waals surface area contributed by atoms with Gasteiger partial charge in [-0.3, -0.25) is 9.35 Å². The molecule has 0 aromatic heterocycles. The van der Waals surface area contributed by atoms with E-state index in [1.165, 1.54) is 116 Å². The number of allylic oxidation sites excluding steroid dienone is 12. The highest BCUT2D eigenvalue weighted by molar-refractivity contribution is 7.80. The lowest BCUT2D eigenvalue weighted by Crippen LogP contribution is -2.60. The molecule has 0 bridgehead atoms. The predicted molar refractivity (Wildman–Crippen MR) is 294 cm³/mol. The molecule has 1 aliphatic heterocycles. The van der Waals surface area contributed by atoms with Crippen molar-refractivity contribution in [2.45, 2.75) is 269 Å². The molecule has 6 atom stereocenters. The Morgan fingerprint density at radius 3 is 1.33 bits per heavy atom. The molecule has 1 fully saturated rings. The molecule has 1 saturated heterocycles. The lowest BCUT2D eigenvalue weighted by atomic mass is 9.99. The minimum Gasteiger partial charge on any atom is -0.457 e. The van der Waals surface area contributed by atoms with Crippen LogP contribution >= 0.6 is 0 Å². The summed E-state index contributed by atoms with van der Waals surface area (Å²) in [6, 6.07) is 0. The molecule has 13 heteroatoms. The molecule has 6 unspecified atom stereocenters. The Kier molecular flexibility index (Phi) is 46.4. The first-order chi connectivity index (χ1) is 35.1. The Morgan fingerprint density at radius 1 is 0.528 bits per heavy atom. The number of carbonyl (C=O) groups excluding carboxylic acids is 1. The number of aliphatic hydroxyl groups excluding tert-OH is 3. The van der Waals surface area contributed by atoms with Gasteiger partial charge in [-0.25, -0.2) is 4.18 Å². The van der Waals surface area contributed by atoms with Crippen LogP contribution in [0.3, 0.4) is 0 Å². The average molecular weight is 1040 g/mol. The van der Waals surface area contributed by atoms with Gasteiger partial charge in [0.1, 0.15) is 30.5 Å². The molecule has 12 nitrogen and oxygen atoms in total. The monoisotopic (exact) mass is 1040 g/mol. The summed E-state index contributed by atoms with van der Waals surface area (Å²) in [7, 11) is -5.07. The van der Waals surface area contributed by atoms with E-state index in [1.807, 2.05) is 0 Å². The molecule has 4 N–H and O–H groups in total. The minimum atomic E-state index is -5.07. The SMILES string of the molecule is CCCCCCC/C=C\C/C=C\C/C=C\CCCCCCCCCCCOCC(COC1OC(CO)C(O)C(OS(=O)(=O)O)C1O)OC(=O)CCCCCCCC/C=C\C/C=C\C/C=C\CCCCCCC. The fourth-order valence-electron chi connectivity index (χ4n) is 8.45. The Balaban J connectivity index is 2.33. The van der Waals surface area contributed by atoms with Crippen molar-refractivity contribution < 1.29 is 56.2 Å². The molecule has 418 valence electrons. The Bertz CT molecular complexity index is 1520. The third-order valence-corrected chi connectivity index (χ3v) is 13.3. The smallest absolute Gasteiger partial charge is 0.397 e. The summed E-state index contributed by atoms with van der Waals surface area (Å²) in [6.45, 7) is 3.96.